The van der Waals surface area contributed by atoms with Gasteiger partial charge in [-0.1, -0.05) is 0 Å². The minimum absolute atomic E-state index is 0.0106. The van der Waals surface area contributed by atoms with Crippen LogP contribution in [-0.2, 0) is 0 Å². The van der Waals surface area contributed by atoms with Crippen LogP contribution in [0.4, 0.5) is 26.2 Å². The van der Waals surface area contributed by atoms with Gasteiger partial charge >= 0.3 is 0 Å². The van der Waals surface area contributed by atoms with E-state index in [-0.39, 0.29) is 23.2 Å². The van der Waals surface area contributed by atoms with Crippen molar-refractivity contribution < 1.29 is 8.78 Å². The van der Waals surface area contributed by atoms with Crippen LogP contribution in [0.25, 0.3) is 22.3 Å². The third-order valence-electron chi connectivity index (χ3n) is 7.12. The summed E-state index contributed by atoms with van der Waals surface area (Å²) in [6, 6.07) is 7.98. The van der Waals surface area contributed by atoms with Crippen molar-refractivity contribution in [3.63, 3.8) is 0 Å². The normalized spacial score (nSPS) is 19.4. The first-order chi connectivity index (χ1) is 17.4. The fourth-order valence-corrected chi connectivity index (χ4v) is 5.61. The average Bonchev–Trinajstić information content (AvgIpc) is 3.32. The van der Waals surface area contributed by atoms with Crippen molar-refractivity contribution in [2.75, 3.05) is 23.3 Å². The van der Waals surface area contributed by atoms with E-state index in [9.17, 15) is 8.78 Å². The lowest BCUT2D eigenvalue weighted by atomic mass is 10.1. The molecule has 2 fully saturated rings. The van der Waals surface area contributed by atoms with Gasteiger partial charge in [0, 0.05) is 36.8 Å². The number of nitrogens with zero attached hydrogens (tertiary/aromatic N) is 6. The second-order valence-electron chi connectivity index (χ2n) is 9.82. The number of nitrogens with one attached hydrogen (secondary N) is 2. The summed E-state index contributed by atoms with van der Waals surface area (Å²) in [5, 5.41) is 6.54. The highest BCUT2D eigenvalue weighted by Crippen LogP contribution is 2.33. The lowest BCUT2D eigenvalue weighted by molar-refractivity contribution is 0.484. The maximum absolute atomic E-state index is 14.9. The molecule has 2 N–H and O–H groups in total. The Labute approximate surface area is 207 Å². The van der Waals surface area contributed by atoms with Gasteiger partial charge in [0.15, 0.2) is 11.6 Å². The quantitative estimate of drug-likeness (QED) is 0.418. The predicted molar refractivity (Wildman–Crippen MR) is 135 cm³/mol. The summed E-state index contributed by atoms with van der Waals surface area (Å²) in [5.41, 5.74) is 2.29. The first-order valence-electron chi connectivity index (χ1n) is 12.3. The number of halogens is 2. The molecule has 186 valence electrons. The van der Waals surface area contributed by atoms with Crippen LogP contribution in [0.3, 0.4) is 0 Å². The molecule has 8 nitrogen and oxygen atoms in total. The van der Waals surface area contributed by atoms with Gasteiger partial charge in [-0.25, -0.2) is 28.7 Å². The van der Waals surface area contributed by atoms with E-state index in [1.165, 1.54) is 18.9 Å². The molecule has 2 aliphatic heterocycles. The van der Waals surface area contributed by atoms with Gasteiger partial charge in [-0.2, -0.15) is 0 Å². The summed E-state index contributed by atoms with van der Waals surface area (Å²) in [5.74, 6) is 0.280. The monoisotopic (exact) mass is 490 g/mol. The average molecular weight is 491 g/mol. The minimum Gasteiger partial charge on any atom is -0.362 e. The van der Waals surface area contributed by atoms with Gasteiger partial charge in [0.25, 0.3) is 0 Å². The molecule has 5 heterocycles. The van der Waals surface area contributed by atoms with Crippen molar-refractivity contribution in [1.82, 2.24) is 29.8 Å². The second-order valence-corrected chi connectivity index (χ2v) is 9.82. The Morgan fingerprint density at radius 1 is 1.00 bits per heavy atom. The van der Waals surface area contributed by atoms with E-state index in [0.29, 0.717) is 34.8 Å². The van der Waals surface area contributed by atoms with Gasteiger partial charge in [0.1, 0.15) is 22.9 Å². The maximum Gasteiger partial charge on any atom is 0.229 e. The van der Waals surface area contributed by atoms with Crippen LogP contribution in [0.5, 0.6) is 0 Å². The number of benzene rings is 1. The summed E-state index contributed by atoms with van der Waals surface area (Å²) in [6.45, 7) is 7.81. The van der Waals surface area contributed by atoms with Crippen LogP contribution < -0.4 is 15.5 Å². The molecule has 4 aromatic rings. The molecular formula is C26H28F2N8. The molecule has 0 amide bonds. The molecule has 6 rings (SSSR count). The molecule has 0 radical (unpaired) electrons. The standard InChI is InChI=1S/C26H28F2N8/c1-14(2)35-15(3)32-25-20(27)8-16(9-22(25)35)24-21(28)13-31-26(34-24)33-23-7-6-19(12-30-23)36-17-4-5-18(36)11-29-10-17/h6-9,12-14,17-18,29H,4-5,10-11H2,1-3H3,(H,30,31,33,34). The Hall–Kier alpha value is -3.66. The SMILES string of the molecule is Cc1nc2c(F)cc(-c3nc(Nc4ccc(N5C6CCC5CNC6)cn4)ncc3F)cc2n1C(C)C. The number of anilines is 3. The molecule has 0 spiro atoms. The van der Waals surface area contributed by atoms with Crippen molar-refractivity contribution in [1.29, 1.82) is 0 Å². The highest BCUT2D eigenvalue weighted by molar-refractivity contribution is 5.83. The van der Waals surface area contributed by atoms with Crippen LogP contribution in [0, 0.1) is 18.6 Å². The Kier molecular flexibility index (Phi) is 5.55. The number of hydrogen-bond donors (Lipinski definition) is 2. The smallest absolute Gasteiger partial charge is 0.229 e. The Morgan fingerprint density at radius 2 is 1.78 bits per heavy atom. The molecule has 1 aromatic carbocycles. The molecule has 2 bridgehead atoms. The van der Waals surface area contributed by atoms with E-state index in [1.54, 1.807) is 6.07 Å². The number of hydrogen-bond acceptors (Lipinski definition) is 7. The van der Waals surface area contributed by atoms with Crippen molar-refractivity contribution in [3.05, 3.63) is 54.1 Å². The van der Waals surface area contributed by atoms with Crippen molar-refractivity contribution >= 4 is 28.5 Å². The van der Waals surface area contributed by atoms with Crippen molar-refractivity contribution in [3.8, 4) is 11.3 Å². The zero-order valence-electron chi connectivity index (χ0n) is 20.5. The maximum atomic E-state index is 14.9. The first kappa shape index (κ1) is 22.8. The Balaban J connectivity index is 1.29. The van der Waals surface area contributed by atoms with Crippen molar-refractivity contribution in [2.24, 2.45) is 0 Å². The largest absolute Gasteiger partial charge is 0.362 e. The number of pyridine rings is 1. The topological polar surface area (TPSA) is 83.8 Å². The van der Waals surface area contributed by atoms with E-state index in [0.717, 1.165) is 25.0 Å². The molecular weight excluding hydrogens is 462 g/mol. The molecule has 2 atom stereocenters. The van der Waals surface area contributed by atoms with Crippen LogP contribution in [0.2, 0.25) is 0 Å². The predicted octanol–water partition coefficient (Wildman–Crippen LogP) is 4.74. The number of imidazole rings is 1. The van der Waals surface area contributed by atoms with E-state index >= 15 is 0 Å². The zero-order valence-corrected chi connectivity index (χ0v) is 20.5. The van der Waals surface area contributed by atoms with E-state index in [4.69, 9.17) is 0 Å². The summed E-state index contributed by atoms with van der Waals surface area (Å²) in [7, 11) is 0. The van der Waals surface area contributed by atoms with Gasteiger partial charge in [-0.3, -0.25) is 0 Å². The fraction of sp³-hybridized carbons (Fsp3) is 0.385. The number of fused-ring (bicyclic) bond motifs is 3. The van der Waals surface area contributed by atoms with Gasteiger partial charge in [0.05, 0.1) is 23.6 Å². The van der Waals surface area contributed by atoms with E-state index in [1.807, 2.05) is 43.7 Å². The van der Waals surface area contributed by atoms with Gasteiger partial charge in [0.2, 0.25) is 5.95 Å². The molecule has 3 aromatic heterocycles. The lowest BCUT2D eigenvalue weighted by Gasteiger charge is -2.37. The number of rotatable bonds is 5. The third kappa shape index (κ3) is 3.85. The molecule has 2 aliphatic rings. The first-order valence-corrected chi connectivity index (χ1v) is 12.3. The van der Waals surface area contributed by atoms with Crippen LogP contribution in [0.1, 0.15) is 38.6 Å². The highest BCUT2D eigenvalue weighted by Gasteiger charge is 2.36. The Bertz CT molecular complexity index is 1420. The molecule has 10 heteroatoms. The van der Waals surface area contributed by atoms with Gasteiger partial charge in [-0.15, -0.1) is 0 Å². The van der Waals surface area contributed by atoms with E-state index < -0.39 is 11.6 Å². The van der Waals surface area contributed by atoms with E-state index in [2.05, 4.69) is 35.5 Å². The molecule has 0 saturated carbocycles. The van der Waals surface area contributed by atoms with Crippen LogP contribution >= 0.6 is 0 Å². The van der Waals surface area contributed by atoms with Gasteiger partial charge < -0.3 is 20.1 Å². The minimum atomic E-state index is -0.635. The summed E-state index contributed by atoms with van der Waals surface area (Å²) in [4.78, 5) is 19.8. The molecule has 36 heavy (non-hydrogen) atoms. The third-order valence-corrected chi connectivity index (χ3v) is 7.12. The molecule has 0 aliphatic carbocycles. The summed E-state index contributed by atoms with van der Waals surface area (Å²) >= 11 is 0. The van der Waals surface area contributed by atoms with Crippen molar-refractivity contribution in [2.45, 2.75) is 51.7 Å². The number of aryl methyl sites for hydroxylation is 1. The summed E-state index contributed by atoms with van der Waals surface area (Å²) < 4.78 is 31.7. The number of piperazine rings is 1. The van der Waals surface area contributed by atoms with Crippen LogP contribution in [0.15, 0.2) is 36.7 Å². The molecule has 2 saturated heterocycles. The fourth-order valence-electron chi connectivity index (χ4n) is 5.61. The number of aromatic nitrogens is 5. The zero-order chi connectivity index (χ0) is 25.0. The lowest BCUT2D eigenvalue weighted by Crippen LogP contribution is -2.52. The molecule has 2 unspecified atom stereocenters. The highest BCUT2D eigenvalue weighted by atomic mass is 19.1. The van der Waals surface area contributed by atoms with Gasteiger partial charge in [-0.05, 0) is 57.9 Å². The van der Waals surface area contributed by atoms with Crippen LogP contribution in [-0.4, -0.2) is 49.7 Å². The second kappa shape index (κ2) is 8.77. The summed E-state index contributed by atoms with van der Waals surface area (Å²) in [6.07, 6.45) is 5.31. The Morgan fingerprint density at radius 3 is 2.47 bits per heavy atom.